The van der Waals surface area contributed by atoms with E-state index in [9.17, 15) is 33.7 Å². The third kappa shape index (κ3) is 17.6. The molecule has 520 valence electrons. The Balaban J connectivity index is 0.000000141. The van der Waals surface area contributed by atoms with Gasteiger partial charge in [-0.2, -0.15) is 8.42 Å². The van der Waals surface area contributed by atoms with Crippen molar-refractivity contribution >= 4 is 84.5 Å². The summed E-state index contributed by atoms with van der Waals surface area (Å²) in [5, 5.41) is 5.15. The van der Waals surface area contributed by atoms with Gasteiger partial charge in [-0.05, 0) is 140 Å². The summed E-state index contributed by atoms with van der Waals surface area (Å²) in [5.41, 5.74) is 16.7. The van der Waals surface area contributed by atoms with Crippen LogP contribution < -0.4 is 0 Å². The largest absolute Gasteiger partial charge is 0.337 e. The first-order valence-corrected chi connectivity index (χ1v) is 42.0. The molecule has 3 saturated heterocycles. The van der Waals surface area contributed by atoms with Crippen LogP contribution in [0.4, 0.5) is 0 Å². The molecule has 3 aliphatic heterocycles. The van der Waals surface area contributed by atoms with Crippen LogP contribution >= 0.6 is 0 Å². The molecule has 0 saturated carbocycles. The third-order valence-electron chi connectivity index (χ3n) is 20.4. The van der Waals surface area contributed by atoms with Crippen molar-refractivity contribution in [3.05, 3.63) is 251 Å². The van der Waals surface area contributed by atoms with Crippen LogP contribution in [0.15, 0.2) is 200 Å². The van der Waals surface area contributed by atoms with Gasteiger partial charge in [0.1, 0.15) is 0 Å². The smallest absolute Gasteiger partial charge is 0.264 e. The first kappa shape index (κ1) is 71.2. The second kappa shape index (κ2) is 31.5. The monoisotopic (exact) mass is 1410 g/mol. The van der Waals surface area contributed by atoms with Gasteiger partial charge in [-0.25, -0.2) is 48.1 Å². The number of sulfonamides is 3. The van der Waals surface area contributed by atoms with Gasteiger partial charge in [0.25, 0.3) is 10.1 Å². The minimum absolute atomic E-state index is 0.160. The van der Waals surface area contributed by atoms with Gasteiger partial charge in [0.05, 0.1) is 55.1 Å². The molecular formula is C79H91N7O9S4. The van der Waals surface area contributed by atoms with Crippen LogP contribution in [0.2, 0.25) is 0 Å². The summed E-state index contributed by atoms with van der Waals surface area (Å²) < 4.78 is 109. The summed E-state index contributed by atoms with van der Waals surface area (Å²) in [7, 11) is -12.9. The highest BCUT2D eigenvalue weighted by Crippen LogP contribution is 2.48. The molecule has 3 fully saturated rings. The molecule has 20 heteroatoms. The van der Waals surface area contributed by atoms with E-state index in [1.807, 2.05) is 49.6 Å². The zero-order valence-corrected chi connectivity index (χ0v) is 60.4. The van der Waals surface area contributed by atoms with Crippen molar-refractivity contribution in [2.45, 2.75) is 102 Å². The Kier molecular flexibility index (Phi) is 22.6. The quantitative estimate of drug-likeness (QED) is 0.0425. The van der Waals surface area contributed by atoms with Gasteiger partial charge in [0.15, 0.2) is 0 Å². The molecule has 3 aliphatic carbocycles. The number of benzene rings is 5. The Morgan fingerprint density at radius 3 is 1.71 bits per heavy atom. The fourth-order valence-electron chi connectivity index (χ4n) is 15.7. The Morgan fingerprint density at radius 2 is 1.08 bits per heavy atom. The first-order chi connectivity index (χ1) is 47.6. The number of hydrogen-bond donors (Lipinski definition) is 0. The highest BCUT2D eigenvalue weighted by atomic mass is 32.2. The predicted octanol–water partition coefficient (Wildman–Crippen LogP) is 14.2. The average Bonchev–Trinajstić information content (AvgIpc) is 1.70. The van der Waals surface area contributed by atoms with E-state index in [1.54, 1.807) is 12.9 Å². The molecule has 0 radical (unpaired) electrons. The Morgan fingerprint density at radius 1 is 0.545 bits per heavy atom. The number of rotatable bonds is 19. The SMILES string of the molecule is CS(=O)(=O)N1CCC(C2=C3[CH-]C=CC=C3C=C(CCCn3ccnc3)c3ccccc32)CC1.CS(=O)(=O)N1CCC(c2c3ccccc3c(CCCn3ccnc3)c[c+]3ccccc23)CC1.CS(=O)(=O)OCCCC1=Cc2ccccc2C(C2CCN(S(C)(=O)=O)CC2)c2ccccc21. The molecule has 16 nitrogen and oxygen atoms in total. The summed E-state index contributed by atoms with van der Waals surface area (Å²) in [6, 6.07) is 45.4. The molecule has 0 N–H and O–H groups in total. The number of piperidine rings is 3. The highest BCUT2D eigenvalue weighted by molar-refractivity contribution is 7.88. The number of imidazole rings is 2. The summed E-state index contributed by atoms with van der Waals surface area (Å²) in [6.45, 7) is 5.49. The molecule has 0 bridgehead atoms. The minimum atomic E-state index is -3.45. The van der Waals surface area contributed by atoms with Gasteiger partial charge in [0, 0.05) is 142 Å². The van der Waals surface area contributed by atoms with Crippen molar-refractivity contribution in [2.24, 2.45) is 11.8 Å². The lowest BCUT2D eigenvalue weighted by molar-refractivity contribution is 0.257. The van der Waals surface area contributed by atoms with Gasteiger partial charge in [-0.15, -0.1) is 41.4 Å². The molecule has 99 heavy (non-hydrogen) atoms. The maximum atomic E-state index is 12.1. The van der Waals surface area contributed by atoms with Gasteiger partial charge < -0.3 is 9.13 Å². The van der Waals surface area contributed by atoms with Crippen LogP contribution in [-0.4, -0.2) is 137 Å². The van der Waals surface area contributed by atoms with Crippen LogP contribution in [0.3, 0.4) is 0 Å². The summed E-state index contributed by atoms with van der Waals surface area (Å²) in [4.78, 5) is 8.31. The van der Waals surface area contributed by atoms with Gasteiger partial charge in [-0.3, -0.25) is 4.18 Å². The number of aromatic nitrogens is 4. The summed E-state index contributed by atoms with van der Waals surface area (Å²) in [5.74, 6) is 1.19. The van der Waals surface area contributed by atoms with E-state index < -0.39 is 40.2 Å². The van der Waals surface area contributed by atoms with E-state index >= 15 is 0 Å². The van der Waals surface area contributed by atoms with Gasteiger partial charge in [0.2, 0.25) is 30.1 Å². The lowest BCUT2D eigenvalue weighted by atomic mass is 9.74. The van der Waals surface area contributed by atoms with Crippen molar-refractivity contribution in [1.29, 1.82) is 0 Å². The number of hydrogen-bond acceptors (Lipinski definition) is 11. The van der Waals surface area contributed by atoms with Crippen LogP contribution in [0.25, 0.3) is 44.3 Å². The van der Waals surface area contributed by atoms with Crippen LogP contribution in [0.1, 0.15) is 127 Å². The molecule has 5 heterocycles. The molecule has 1 unspecified atom stereocenters. The fraction of sp³-hybridized carbons (Fsp3) is 0.367. The molecule has 2 aromatic heterocycles. The summed E-state index contributed by atoms with van der Waals surface area (Å²) >= 11 is 0. The molecular weight excluding hydrogens is 1320 g/mol. The molecule has 0 amide bonds. The predicted molar refractivity (Wildman–Crippen MR) is 400 cm³/mol. The van der Waals surface area contributed by atoms with E-state index in [2.05, 4.69) is 171 Å². The Bertz CT molecular complexity index is 4840. The van der Waals surface area contributed by atoms with Crippen LogP contribution in [-0.2, 0) is 63.9 Å². The Labute approximate surface area is 586 Å². The maximum Gasteiger partial charge on any atom is 0.264 e. The lowest BCUT2D eigenvalue weighted by Crippen LogP contribution is -2.39. The minimum Gasteiger partial charge on any atom is -0.337 e. The van der Waals surface area contributed by atoms with Crippen LogP contribution in [0, 0.1) is 18.3 Å². The van der Waals surface area contributed by atoms with Crippen molar-refractivity contribution < 1.29 is 37.9 Å². The van der Waals surface area contributed by atoms with Crippen LogP contribution in [0.5, 0.6) is 0 Å². The molecule has 1 atom stereocenters. The maximum absolute atomic E-state index is 12.1. The first-order valence-electron chi connectivity index (χ1n) is 34.7. The van der Waals surface area contributed by atoms with E-state index in [1.165, 1.54) is 113 Å². The van der Waals surface area contributed by atoms with Gasteiger partial charge in [-0.1, -0.05) is 103 Å². The van der Waals surface area contributed by atoms with Crippen molar-refractivity contribution in [2.75, 3.05) is 70.9 Å². The topological polar surface area (TPSA) is 191 Å². The van der Waals surface area contributed by atoms with Crippen molar-refractivity contribution in [3.63, 3.8) is 0 Å². The van der Waals surface area contributed by atoms with Gasteiger partial charge >= 0.3 is 0 Å². The van der Waals surface area contributed by atoms with Crippen molar-refractivity contribution in [3.8, 4) is 0 Å². The highest BCUT2D eigenvalue weighted by Gasteiger charge is 2.36. The summed E-state index contributed by atoms with van der Waals surface area (Å²) in [6.07, 6.45) is 40.1. The fourth-order valence-corrected chi connectivity index (χ4v) is 18.7. The molecule has 14 rings (SSSR count). The average molecular weight is 1410 g/mol. The number of aryl methyl sites for hydroxylation is 3. The molecule has 6 aromatic carbocycles. The zero-order chi connectivity index (χ0) is 69.3. The van der Waals surface area contributed by atoms with E-state index in [4.69, 9.17) is 4.18 Å². The zero-order valence-electron chi connectivity index (χ0n) is 57.1. The second-order valence-electron chi connectivity index (χ2n) is 27.1. The Hall–Kier alpha value is -7.66. The normalized spacial score (nSPS) is 18.4. The second-order valence-corrected chi connectivity index (χ2v) is 34.7. The number of nitrogens with zero attached hydrogens (tertiary/aromatic N) is 7. The number of fused-ring (bicyclic) bond motifs is 6. The molecule has 0 spiro atoms. The van der Waals surface area contributed by atoms with Crippen molar-refractivity contribution in [1.82, 2.24) is 32.0 Å². The molecule has 6 aliphatic rings. The lowest BCUT2D eigenvalue weighted by Gasteiger charge is -2.36. The molecule has 8 aromatic rings. The number of allylic oxidation sites excluding steroid dienone is 9. The standard InChI is InChI=1S/2C27H30N3O2S.C25H31NO5S2/c2*1-33(31,32)30-16-12-21(13-17-30)27-25-10-3-2-7-23(25)19-22(24-9-4-5-11-26(24)27)8-6-15-29-18-14-28-20-29;1-32(27,28)26-15-13-19(14-16-26)25-23-11-4-3-8-21(23)18-20(9-7-17-31-33(2,29)30)22-10-5-6-12-24(22)25/h2*2-5,7,9-11,14,18-21H,6,8,12-13,15-17H2,1H3;3-6,8,10-12,18-19,25H,7,9,13-17H2,1-2H3/q-1;+1;. The third-order valence-corrected chi connectivity index (χ3v) is 24.9. The van der Waals surface area contributed by atoms with E-state index in [0.717, 1.165) is 83.6 Å². The van der Waals surface area contributed by atoms with E-state index in [0.29, 0.717) is 69.9 Å². The van der Waals surface area contributed by atoms with E-state index in [-0.39, 0.29) is 12.5 Å².